The van der Waals surface area contributed by atoms with E-state index in [1.807, 2.05) is 17.9 Å². The van der Waals surface area contributed by atoms with Gasteiger partial charge in [-0.15, -0.1) is 12.4 Å². The molecule has 1 aliphatic heterocycles. The summed E-state index contributed by atoms with van der Waals surface area (Å²) in [6.07, 6.45) is 1.87. The molecule has 4 nitrogen and oxygen atoms in total. The first-order chi connectivity index (χ1) is 10.1. The minimum Gasteiger partial charge on any atom is -0.312 e. The zero-order valence-corrected chi connectivity index (χ0v) is 14.4. The Bertz CT molecular complexity index is 623. The molecule has 2 heterocycles. The van der Waals surface area contributed by atoms with E-state index in [0.717, 1.165) is 26.2 Å². The highest BCUT2D eigenvalue weighted by Gasteiger charge is 2.17. The molecule has 0 spiro atoms. The maximum absolute atomic E-state index is 4.32. The molecule has 3 rings (SSSR count). The van der Waals surface area contributed by atoms with Crippen molar-refractivity contribution in [1.82, 2.24) is 20.0 Å². The minimum atomic E-state index is 0. The number of aromatic nitrogens is 2. The SMILES string of the molecule is Cc1ccc(CN2CCN[C@@H](C)C2)c(-c2ccnn2C)c1.Cl. The number of nitrogens with zero attached hydrogens (tertiary/aromatic N) is 3. The van der Waals surface area contributed by atoms with Crippen molar-refractivity contribution in [2.24, 2.45) is 7.05 Å². The molecule has 0 amide bonds. The van der Waals surface area contributed by atoms with Crippen molar-refractivity contribution >= 4 is 12.4 Å². The molecule has 1 aromatic heterocycles. The number of hydrogen-bond donors (Lipinski definition) is 1. The average Bonchev–Trinajstić information content (AvgIpc) is 2.87. The first-order valence-electron chi connectivity index (χ1n) is 7.67. The maximum Gasteiger partial charge on any atom is 0.0682 e. The Morgan fingerprint density at radius 1 is 1.32 bits per heavy atom. The zero-order valence-electron chi connectivity index (χ0n) is 13.5. The molecular formula is C17H25ClN4. The van der Waals surface area contributed by atoms with Crippen LogP contribution in [0.1, 0.15) is 18.1 Å². The zero-order chi connectivity index (χ0) is 14.8. The lowest BCUT2D eigenvalue weighted by molar-refractivity contribution is 0.200. The van der Waals surface area contributed by atoms with Gasteiger partial charge in [-0.3, -0.25) is 9.58 Å². The molecule has 0 aliphatic carbocycles. The van der Waals surface area contributed by atoms with Crippen molar-refractivity contribution < 1.29 is 0 Å². The molecular weight excluding hydrogens is 296 g/mol. The third-order valence-corrected chi connectivity index (χ3v) is 4.21. The van der Waals surface area contributed by atoms with Crippen molar-refractivity contribution in [1.29, 1.82) is 0 Å². The smallest absolute Gasteiger partial charge is 0.0682 e. The minimum absolute atomic E-state index is 0. The van der Waals surface area contributed by atoms with Gasteiger partial charge >= 0.3 is 0 Å². The Hall–Kier alpha value is -1.36. The topological polar surface area (TPSA) is 33.1 Å². The fourth-order valence-corrected chi connectivity index (χ4v) is 3.10. The Morgan fingerprint density at radius 2 is 2.14 bits per heavy atom. The molecule has 120 valence electrons. The van der Waals surface area contributed by atoms with E-state index in [4.69, 9.17) is 0 Å². The molecule has 1 N–H and O–H groups in total. The summed E-state index contributed by atoms with van der Waals surface area (Å²) in [5, 5.41) is 7.82. The molecule has 2 aromatic rings. The van der Waals surface area contributed by atoms with Gasteiger partial charge in [0.1, 0.15) is 0 Å². The van der Waals surface area contributed by atoms with E-state index in [1.165, 1.54) is 22.4 Å². The molecule has 22 heavy (non-hydrogen) atoms. The van der Waals surface area contributed by atoms with Crippen LogP contribution in [0.5, 0.6) is 0 Å². The van der Waals surface area contributed by atoms with Gasteiger partial charge in [0.15, 0.2) is 0 Å². The monoisotopic (exact) mass is 320 g/mol. The third-order valence-electron chi connectivity index (χ3n) is 4.21. The largest absolute Gasteiger partial charge is 0.312 e. The van der Waals surface area contributed by atoms with Gasteiger partial charge in [0.05, 0.1) is 5.69 Å². The molecule has 1 aromatic carbocycles. The Morgan fingerprint density at radius 3 is 2.82 bits per heavy atom. The molecule has 1 atom stereocenters. The Kier molecular flexibility index (Phi) is 5.62. The molecule has 1 fully saturated rings. The molecule has 5 heteroatoms. The number of piperazine rings is 1. The van der Waals surface area contributed by atoms with Crippen LogP contribution in [0, 0.1) is 6.92 Å². The Labute approximate surface area is 138 Å². The van der Waals surface area contributed by atoms with Crippen LogP contribution in [-0.2, 0) is 13.6 Å². The number of aryl methyl sites for hydroxylation is 2. The number of benzene rings is 1. The third kappa shape index (κ3) is 3.69. The molecule has 1 saturated heterocycles. The second-order valence-electron chi connectivity index (χ2n) is 6.09. The fraction of sp³-hybridized carbons (Fsp3) is 0.471. The van der Waals surface area contributed by atoms with Crippen molar-refractivity contribution in [3.05, 3.63) is 41.6 Å². The van der Waals surface area contributed by atoms with Gasteiger partial charge in [0, 0.05) is 51.0 Å². The quantitative estimate of drug-likeness (QED) is 0.943. The summed E-state index contributed by atoms with van der Waals surface area (Å²) in [6, 6.07) is 9.42. The van der Waals surface area contributed by atoms with Crippen LogP contribution >= 0.6 is 12.4 Å². The fourth-order valence-electron chi connectivity index (χ4n) is 3.10. The van der Waals surface area contributed by atoms with E-state index in [-0.39, 0.29) is 12.4 Å². The van der Waals surface area contributed by atoms with Gasteiger partial charge in [-0.1, -0.05) is 17.7 Å². The number of halogens is 1. The van der Waals surface area contributed by atoms with E-state index in [9.17, 15) is 0 Å². The van der Waals surface area contributed by atoms with Crippen molar-refractivity contribution in [3.8, 4) is 11.3 Å². The van der Waals surface area contributed by atoms with E-state index < -0.39 is 0 Å². The van der Waals surface area contributed by atoms with Gasteiger partial charge in [-0.05, 0) is 31.5 Å². The highest BCUT2D eigenvalue weighted by molar-refractivity contribution is 5.85. The van der Waals surface area contributed by atoms with Gasteiger partial charge in [-0.2, -0.15) is 5.10 Å². The first-order valence-corrected chi connectivity index (χ1v) is 7.67. The summed E-state index contributed by atoms with van der Waals surface area (Å²) in [5.41, 5.74) is 5.18. The summed E-state index contributed by atoms with van der Waals surface area (Å²) < 4.78 is 1.96. The molecule has 0 unspecified atom stereocenters. The Balaban J connectivity index is 0.00000176. The lowest BCUT2D eigenvalue weighted by atomic mass is 10.0. The van der Waals surface area contributed by atoms with Crippen molar-refractivity contribution in [2.75, 3.05) is 19.6 Å². The van der Waals surface area contributed by atoms with Gasteiger partial charge in [0.2, 0.25) is 0 Å². The maximum atomic E-state index is 4.32. The summed E-state index contributed by atoms with van der Waals surface area (Å²) >= 11 is 0. The van der Waals surface area contributed by atoms with Crippen LogP contribution in [0.25, 0.3) is 11.3 Å². The summed E-state index contributed by atoms with van der Waals surface area (Å²) in [4.78, 5) is 2.53. The van der Waals surface area contributed by atoms with Gasteiger partial charge in [-0.25, -0.2) is 0 Å². The van der Waals surface area contributed by atoms with Crippen LogP contribution < -0.4 is 5.32 Å². The van der Waals surface area contributed by atoms with Gasteiger partial charge < -0.3 is 5.32 Å². The molecule has 0 saturated carbocycles. The second kappa shape index (κ2) is 7.27. The highest BCUT2D eigenvalue weighted by Crippen LogP contribution is 2.26. The normalized spacial score (nSPS) is 19.0. The standard InChI is InChI=1S/C17H24N4.ClH/c1-13-4-5-15(12-21-9-8-18-14(2)11-21)16(10-13)17-6-7-19-20(17)3;/h4-7,10,14,18H,8-9,11-12H2,1-3H3;1H/t14-;/m0./s1. The summed E-state index contributed by atoms with van der Waals surface area (Å²) in [7, 11) is 2.01. The summed E-state index contributed by atoms with van der Waals surface area (Å²) in [5.74, 6) is 0. The molecule has 1 aliphatic rings. The predicted octanol–water partition coefficient (Wildman–Crippen LogP) is 2.61. The lowest BCUT2D eigenvalue weighted by Crippen LogP contribution is -2.48. The van der Waals surface area contributed by atoms with E-state index in [1.54, 1.807) is 0 Å². The predicted molar refractivity (Wildman–Crippen MR) is 93.4 cm³/mol. The van der Waals surface area contributed by atoms with Crippen LogP contribution in [0.4, 0.5) is 0 Å². The number of hydrogen-bond acceptors (Lipinski definition) is 3. The second-order valence-corrected chi connectivity index (χ2v) is 6.09. The van der Waals surface area contributed by atoms with Crippen LogP contribution in [-0.4, -0.2) is 40.4 Å². The number of nitrogens with one attached hydrogen (secondary N) is 1. The van der Waals surface area contributed by atoms with E-state index >= 15 is 0 Å². The highest BCUT2D eigenvalue weighted by atomic mass is 35.5. The lowest BCUT2D eigenvalue weighted by Gasteiger charge is -2.32. The van der Waals surface area contributed by atoms with Gasteiger partial charge in [0.25, 0.3) is 0 Å². The average molecular weight is 321 g/mol. The van der Waals surface area contributed by atoms with Crippen LogP contribution in [0.15, 0.2) is 30.5 Å². The van der Waals surface area contributed by atoms with E-state index in [2.05, 4.69) is 53.4 Å². The molecule has 0 radical (unpaired) electrons. The van der Waals surface area contributed by atoms with Crippen LogP contribution in [0.3, 0.4) is 0 Å². The van der Waals surface area contributed by atoms with Crippen LogP contribution in [0.2, 0.25) is 0 Å². The van der Waals surface area contributed by atoms with Crippen molar-refractivity contribution in [3.63, 3.8) is 0 Å². The molecule has 0 bridgehead atoms. The first kappa shape index (κ1) is 17.0. The summed E-state index contributed by atoms with van der Waals surface area (Å²) in [6.45, 7) is 8.71. The number of rotatable bonds is 3. The van der Waals surface area contributed by atoms with E-state index in [0.29, 0.717) is 6.04 Å². The van der Waals surface area contributed by atoms with Crippen molar-refractivity contribution in [2.45, 2.75) is 26.4 Å².